The second kappa shape index (κ2) is 8.36. The molecule has 1 aliphatic heterocycles. The van der Waals surface area contributed by atoms with E-state index in [1.54, 1.807) is 23.1 Å². The zero-order chi connectivity index (χ0) is 18.5. The number of ether oxygens (including phenoxy) is 1. The van der Waals surface area contributed by atoms with Crippen LogP contribution in [0.5, 0.6) is 0 Å². The van der Waals surface area contributed by atoms with Gasteiger partial charge in [0.15, 0.2) is 0 Å². The van der Waals surface area contributed by atoms with Crippen molar-refractivity contribution in [1.82, 2.24) is 4.90 Å². The lowest BCUT2D eigenvalue weighted by molar-refractivity contribution is -0.153. The molecule has 1 amide bonds. The Labute approximate surface area is 156 Å². The fourth-order valence-corrected chi connectivity index (χ4v) is 3.96. The summed E-state index contributed by atoms with van der Waals surface area (Å²) in [4.78, 5) is 27.0. The molecule has 0 radical (unpaired) electrons. The molecule has 0 bridgehead atoms. The molecule has 6 heteroatoms. The Hall–Kier alpha value is -2.34. The standard InChI is InChI=1S/C20H20FNO3S/c1-25-20(24)17-12-14-6-2-3-7-15(14)13-22(17)19(23)10-11-26-18-9-5-4-8-16(18)21/h2-9,17H,10-13H2,1H3. The predicted octanol–water partition coefficient (Wildman–Crippen LogP) is 3.43. The highest BCUT2D eigenvalue weighted by molar-refractivity contribution is 7.99. The molecular formula is C20H20FNO3S. The molecule has 1 unspecified atom stereocenters. The van der Waals surface area contributed by atoms with E-state index in [0.717, 1.165) is 11.1 Å². The van der Waals surface area contributed by atoms with Gasteiger partial charge < -0.3 is 9.64 Å². The van der Waals surface area contributed by atoms with Crippen molar-refractivity contribution in [2.45, 2.75) is 30.3 Å². The van der Waals surface area contributed by atoms with Crippen LogP contribution < -0.4 is 0 Å². The number of hydrogen-bond donors (Lipinski definition) is 0. The average Bonchev–Trinajstić information content (AvgIpc) is 2.67. The number of fused-ring (bicyclic) bond motifs is 1. The van der Waals surface area contributed by atoms with Crippen LogP contribution in [0.1, 0.15) is 17.5 Å². The molecule has 0 N–H and O–H groups in total. The molecule has 2 aromatic rings. The molecule has 0 saturated heterocycles. The summed E-state index contributed by atoms with van der Waals surface area (Å²) in [6.45, 7) is 0.388. The Morgan fingerprint density at radius 1 is 1.15 bits per heavy atom. The van der Waals surface area contributed by atoms with Crippen molar-refractivity contribution in [3.8, 4) is 0 Å². The third-order valence-corrected chi connectivity index (χ3v) is 5.50. The zero-order valence-electron chi connectivity index (χ0n) is 14.5. The van der Waals surface area contributed by atoms with E-state index in [-0.39, 0.29) is 18.1 Å². The highest BCUT2D eigenvalue weighted by Crippen LogP contribution is 2.26. The number of thioether (sulfide) groups is 1. The van der Waals surface area contributed by atoms with Gasteiger partial charge in [0.05, 0.1) is 7.11 Å². The lowest BCUT2D eigenvalue weighted by Gasteiger charge is -2.35. The van der Waals surface area contributed by atoms with Gasteiger partial charge in [-0.3, -0.25) is 4.79 Å². The van der Waals surface area contributed by atoms with Crippen LogP contribution in [-0.4, -0.2) is 35.7 Å². The van der Waals surface area contributed by atoms with Crippen LogP contribution in [0.2, 0.25) is 0 Å². The monoisotopic (exact) mass is 373 g/mol. The molecular weight excluding hydrogens is 353 g/mol. The number of benzene rings is 2. The van der Waals surface area contributed by atoms with Crippen LogP contribution in [0.15, 0.2) is 53.4 Å². The van der Waals surface area contributed by atoms with Gasteiger partial charge in [0.2, 0.25) is 5.91 Å². The van der Waals surface area contributed by atoms with Crippen LogP contribution in [0.4, 0.5) is 4.39 Å². The number of carbonyl (C=O) groups excluding carboxylic acids is 2. The number of halogens is 1. The highest BCUT2D eigenvalue weighted by atomic mass is 32.2. The van der Waals surface area contributed by atoms with Gasteiger partial charge >= 0.3 is 5.97 Å². The summed E-state index contributed by atoms with van der Waals surface area (Å²) in [6, 6.07) is 13.7. The summed E-state index contributed by atoms with van der Waals surface area (Å²) in [5.41, 5.74) is 2.11. The average molecular weight is 373 g/mol. The summed E-state index contributed by atoms with van der Waals surface area (Å²) in [7, 11) is 1.33. The first-order valence-electron chi connectivity index (χ1n) is 8.41. The summed E-state index contributed by atoms with van der Waals surface area (Å²) in [6.07, 6.45) is 0.684. The second-order valence-corrected chi connectivity index (χ2v) is 7.20. The van der Waals surface area contributed by atoms with Crippen LogP contribution in [-0.2, 0) is 27.3 Å². The van der Waals surface area contributed by atoms with E-state index in [1.165, 1.54) is 24.9 Å². The number of hydrogen-bond acceptors (Lipinski definition) is 4. The molecule has 1 heterocycles. The molecule has 136 valence electrons. The minimum atomic E-state index is -0.610. The first kappa shape index (κ1) is 18.5. The first-order chi connectivity index (χ1) is 12.6. The molecule has 26 heavy (non-hydrogen) atoms. The molecule has 0 spiro atoms. The Morgan fingerprint density at radius 3 is 2.58 bits per heavy atom. The van der Waals surface area contributed by atoms with Crippen molar-refractivity contribution < 1.29 is 18.7 Å². The van der Waals surface area contributed by atoms with Crippen LogP contribution in [0.3, 0.4) is 0 Å². The molecule has 2 aromatic carbocycles. The number of esters is 1. The number of methoxy groups -OCH3 is 1. The summed E-state index contributed by atoms with van der Waals surface area (Å²) in [5, 5.41) is 0. The van der Waals surface area contributed by atoms with Gasteiger partial charge in [-0.15, -0.1) is 11.8 Å². The SMILES string of the molecule is COC(=O)C1Cc2ccccc2CN1C(=O)CCSc1ccccc1F. The van der Waals surface area contributed by atoms with Gasteiger partial charge in [-0.25, -0.2) is 9.18 Å². The number of carbonyl (C=O) groups is 2. The van der Waals surface area contributed by atoms with E-state index in [0.29, 0.717) is 23.6 Å². The van der Waals surface area contributed by atoms with E-state index in [9.17, 15) is 14.0 Å². The largest absolute Gasteiger partial charge is 0.467 e. The Morgan fingerprint density at radius 2 is 1.85 bits per heavy atom. The number of nitrogens with zero attached hydrogens (tertiary/aromatic N) is 1. The maximum atomic E-state index is 13.7. The molecule has 1 aliphatic rings. The van der Waals surface area contributed by atoms with E-state index in [1.807, 2.05) is 24.3 Å². The molecule has 4 nitrogen and oxygen atoms in total. The molecule has 3 rings (SSSR count). The maximum Gasteiger partial charge on any atom is 0.328 e. The number of amides is 1. The van der Waals surface area contributed by atoms with Crippen LogP contribution in [0.25, 0.3) is 0 Å². The van der Waals surface area contributed by atoms with Crippen molar-refractivity contribution >= 4 is 23.6 Å². The van der Waals surface area contributed by atoms with E-state index >= 15 is 0 Å². The van der Waals surface area contributed by atoms with Crippen molar-refractivity contribution in [3.05, 3.63) is 65.5 Å². The van der Waals surface area contributed by atoms with Gasteiger partial charge in [-0.2, -0.15) is 0 Å². The van der Waals surface area contributed by atoms with Gasteiger partial charge in [-0.1, -0.05) is 36.4 Å². The van der Waals surface area contributed by atoms with Crippen molar-refractivity contribution in [1.29, 1.82) is 0 Å². The molecule has 0 aliphatic carbocycles. The summed E-state index contributed by atoms with van der Waals surface area (Å²) >= 11 is 1.30. The third-order valence-electron chi connectivity index (χ3n) is 4.45. The molecule has 1 atom stereocenters. The third kappa shape index (κ3) is 4.07. The topological polar surface area (TPSA) is 46.6 Å². The fraction of sp³-hybridized carbons (Fsp3) is 0.300. The summed E-state index contributed by atoms with van der Waals surface area (Å²) in [5.74, 6) is -0.371. The Bertz CT molecular complexity index is 811. The maximum absolute atomic E-state index is 13.7. The normalized spacial score (nSPS) is 16.1. The Kier molecular flexibility index (Phi) is 5.93. The van der Waals surface area contributed by atoms with E-state index in [4.69, 9.17) is 4.74 Å². The van der Waals surface area contributed by atoms with Crippen LogP contribution >= 0.6 is 11.8 Å². The van der Waals surface area contributed by atoms with Gasteiger partial charge in [0.1, 0.15) is 11.9 Å². The highest BCUT2D eigenvalue weighted by Gasteiger charge is 2.34. The molecule has 0 saturated carbocycles. The predicted molar refractivity (Wildman–Crippen MR) is 98.2 cm³/mol. The van der Waals surface area contributed by atoms with Gasteiger partial charge in [0.25, 0.3) is 0 Å². The second-order valence-electron chi connectivity index (χ2n) is 6.06. The van der Waals surface area contributed by atoms with Crippen molar-refractivity contribution in [3.63, 3.8) is 0 Å². The van der Waals surface area contributed by atoms with Gasteiger partial charge in [0, 0.05) is 30.0 Å². The fourth-order valence-electron chi connectivity index (χ4n) is 3.09. The van der Waals surface area contributed by atoms with Gasteiger partial charge in [-0.05, 0) is 23.3 Å². The lowest BCUT2D eigenvalue weighted by atomic mass is 9.93. The minimum Gasteiger partial charge on any atom is -0.467 e. The van der Waals surface area contributed by atoms with Crippen LogP contribution in [0, 0.1) is 5.82 Å². The van der Waals surface area contributed by atoms with E-state index < -0.39 is 12.0 Å². The smallest absolute Gasteiger partial charge is 0.328 e. The lowest BCUT2D eigenvalue weighted by Crippen LogP contribution is -2.49. The van der Waals surface area contributed by atoms with Crippen molar-refractivity contribution in [2.24, 2.45) is 0 Å². The first-order valence-corrected chi connectivity index (χ1v) is 9.40. The summed E-state index contributed by atoms with van der Waals surface area (Å²) < 4.78 is 18.6. The number of rotatable bonds is 5. The zero-order valence-corrected chi connectivity index (χ0v) is 15.3. The Balaban J connectivity index is 1.68. The minimum absolute atomic E-state index is 0.126. The van der Waals surface area contributed by atoms with E-state index in [2.05, 4.69) is 0 Å². The molecule has 0 aromatic heterocycles. The quantitative estimate of drug-likeness (QED) is 0.595. The van der Waals surface area contributed by atoms with Crippen molar-refractivity contribution in [2.75, 3.05) is 12.9 Å². The molecule has 0 fully saturated rings.